The van der Waals surface area contributed by atoms with Gasteiger partial charge < -0.3 is 19.0 Å². The van der Waals surface area contributed by atoms with Crippen molar-refractivity contribution in [1.82, 2.24) is 20.5 Å². The molecule has 11 heteroatoms. The Morgan fingerprint density at radius 2 is 1.94 bits per heavy atom. The third-order valence-electron chi connectivity index (χ3n) is 4.80. The van der Waals surface area contributed by atoms with Gasteiger partial charge in [-0.3, -0.25) is 4.79 Å². The SMILES string of the molecule is Cc1cc(-c2noc(C(F)(F)F)n2)cc(C)c1OCCCC1(C(=O)N(C)C)C=CON1. The molecule has 1 unspecified atom stereocenters. The van der Waals surface area contributed by atoms with E-state index in [0.29, 0.717) is 30.8 Å². The number of carbonyl (C=O) groups excluding carboxylic acids is 1. The average molecular weight is 440 g/mol. The molecule has 0 fully saturated rings. The largest absolute Gasteiger partial charge is 0.493 e. The molecular formula is C20H23F3N4O4. The van der Waals surface area contributed by atoms with Gasteiger partial charge in [0.25, 0.3) is 0 Å². The summed E-state index contributed by atoms with van der Waals surface area (Å²) in [6, 6.07) is 3.28. The molecule has 1 amide bonds. The van der Waals surface area contributed by atoms with Crippen LogP contribution in [0.25, 0.3) is 11.4 Å². The molecule has 31 heavy (non-hydrogen) atoms. The van der Waals surface area contributed by atoms with E-state index in [1.165, 1.54) is 11.2 Å². The Balaban J connectivity index is 1.66. The molecule has 0 spiro atoms. The highest BCUT2D eigenvalue weighted by Gasteiger charge is 2.40. The van der Waals surface area contributed by atoms with Crippen molar-refractivity contribution in [3.63, 3.8) is 0 Å². The number of nitrogens with one attached hydrogen (secondary N) is 1. The fraction of sp³-hybridized carbons (Fsp3) is 0.450. The second-order valence-electron chi connectivity index (χ2n) is 7.51. The van der Waals surface area contributed by atoms with Gasteiger partial charge in [0.15, 0.2) is 5.54 Å². The van der Waals surface area contributed by atoms with Crippen molar-refractivity contribution in [3.05, 3.63) is 41.5 Å². The number of ether oxygens (including phenoxy) is 1. The van der Waals surface area contributed by atoms with E-state index in [9.17, 15) is 18.0 Å². The van der Waals surface area contributed by atoms with Gasteiger partial charge in [0.1, 0.15) is 12.0 Å². The molecule has 1 atom stereocenters. The Bertz CT molecular complexity index is 964. The van der Waals surface area contributed by atoms with Crippen molar-refractivity contribution < 1.29 is 32.1 Å². The highest BCUT2D eigenvalue weighted by molar-refractivity contribution is 5.88. The molecule has 1 aromatic carbocycles. The second kappa shape index (κ2) is 8.58. The first-order valence-electron chi connectivity index (χ1n) is 9.51. The minimum atomic E-state index is -4.70. The van der Waals surface area contributed by atoms with E-state index in [1.54, 1.807) is 46.2 Å². The fourth-order valence-corrected chi connectivity index (χ4v) is 3.37. The van der Waals surface area contributed by atoms with E-state index in [2.05, 4.69) is 20.1 Å². The van der Waals surface area contributed by atoms with Gasteiger partial charge in [-0.2, -0.15) is 18.2 Å². The molecule has 1 aromatic heterocycles. The number of amides is 1. The topological polar surface area (TPSA) is 89.7 Å². The van der Waals surface area contributed by atoms with Crippen LogP contribution in [0.5, 0.6) is 5.75 Å². The number of halogens is 3. The molecule has 2 aromatic rings. The number of aryl methyl sites for hydroxylation is 2. The minimum Gasteiger partial charge on any atom is -0.493 e. The van der Waals surface area contributed by atoms with E-state index in [-0.39, 0.29) is 11.7 Å². The normalized spacial score (nSPS) is 18.2. The summed E-state index contributed by atoms with van der Waals surface area (Å²) in [7, 11) is 3.34. The quantitative estimate of drug-likeness (QED) is 0.660. The van der Waals surface area contributed by atoms with Crippen molar-refractivity contribution in [2.45, 2.75) is 38.4 Å². The predicted molar refractivity (Wildman–Crippen MR) is 104 cm³/mol. The standard InChI is InChI=1S/C20H23F3N4O4/c1-12-10-14(16-24-17(31-25-16)20(21,22)23)11-13(2)15(12)29-8-5-6-19(7-9-30-26-19)18(28)27(3)4/h7,9-11,26H,5-6,8H2,1-4H3. The number of carbonyl (C=O) groups is 1. The molecule has 1 aliphatic heterocycles. The summed E-state index contributed by atoms with van der Waals surface area (Å²) < 4.78 is 48.3. The molecule has 0 radical (unpaired) electrons. The number of hydrogen-bond acceptors (Lipinski definition) is 7. The Hall–Kier alpha value is -3.08. The molecule has 1 N–H and O–H groups in total. The zero-order chi connectivity index (χ0) is 22.8. The van der Waals surface area contributed by atoms with Crippen LogP contribution in [0.2, 0.25) is 0 Å². The van der Waals surface area contributed by atoms with E-state index in [0.717, 1.165) is 11.1 Å². The van der Waals surface area contributed by atoms with Gasteiger partial charge in [-0.05, 0) is 56.0 Å². The van der Waals surface area contributed by atoms with E-state index < -0.39 is 17.6 Å². The zero-order valence-corrected chi connectivity index (χ0v) is 17.5. The third kappa shape index (κ3) is 4.82. The zero-order valence-electron chi connectivity index (χ0n) is 17.5. The summed E-state index contributed by atoms with van der Waals surface area (Å²) in [6.45, 7) is 3.89. The molecule has 0 bridgehead atoms. The molecule has 0 aliphatic carbocycles. The highest BCUT2D eigenvalue weighted by atomic mass is 19.4. The monoisotopic (exact) mass is 440 g/mol. The van der Waals surface area contributed by atoms with Gasteiger partial charge in [0, 0.05) is 19.7 Å². The number of benzene rings is 1. The Kier molecular flexibility index (Phi) is 6.25. The maximum absolute atomic E-state index is 12.7. The molecular weight excluding hydrogens is 417 g/mol. The van der Waals surface area contributed by atoms with Gasteiger partial charge in [-0.15, -0.1) is 5.48 Å². The smallest absolute Gasteiger partial charge is 0.471 e. The van der Waals surface area contributed by atoms with Gasteiger partial charge in [-0.1, -0.05) is 5.16 Å². The summed E-state index contributed by atoms with van der Waals surface area (Å²) in [5.74, 6) is -1.05. The van der Waals surface area contributed by atoms with Crippen LogP contribution in [0.4, 0.5) is 13.2 Å². The lowest BCUT2D eigenvalue weighted by atomic mass is 9.93. The molecule has 2 heterocycles. The summed E-state index contributed by atoms with van der Waals surface area (Å²) >= 11 is 0. The van der Waals surface area contributed by atoms with Crippen LogP contribution in [-0.4, -0.2) is 47.2 Å². The van der Waals surface area contributed by atoms with Gasteiger partial charge >= 0.3 is 12.1 Å². The number of aromatic nitrogens is 2. The van der Waals surface area contributed by atoms with Gasteiger partial charge in [0.05, 0.1) is 6.61 Å². The molecule has 1 aliphatic rings. The first-order valence-corrected chi connectivity index (χ1v) is 9.51. The second-order valence-corrected chi connectivity index (χ2v) is 7.51. The van der Waals surface area contributed by atoms with Crippen LogP contribution >= 0.6 is 0 Å². The minimum absolute atomic E-state index is 0.128. The number of rotatable bonds is 7. The van der Waals surface area contributed by atoms with Crippen LogP contribution in [0, 0.1) is 13.8 Å². The number of likely N-dealkylation sites (N-methyl/N-ethyl adjacent to an activating group) is 1. The van der Waals surface area contributed by atoms with Crippen LogP contribution in [-0.2, 0) is 15.8 Å². The van der Waals surface area contributed by atoms with Crippen molar-refractivity contribution in [1.29, 1.82) is 0 Å². The lowest BCUT2D eigenvalue weighted by molar-refractivity contribution is -0.159. The number of alkyl halides is 3. The van der Waals surface area contributed by atoms with Crippen molar-refractivity contribution in [3.8, 4) is 17.1 Å². The van der Waals surface area contributed by atoms with Crippen molar-refractivity contribution >= 4 is 5.91 Å². The Labute approximate surface area is 177 Å². The highest BCUT2D eigenvalue weighted by Crippen LogP contribution is 2.32. The van der Waals surface area contributed by atoms with Crippen LogP contribution in [0.15, 0.2) is 29.0 Å². The molecule has 3 rings (SSSR count). The van der Waals surface area contributed by atoms with E-state index in [4.69, 9.17) is 9.57 Å². The van der Waals surface area contributed by atoms with Crippen LogP contribution in [0.1, 0.15) is 29.9 Å². The number of hydroxylamine groups is 1. The number of nitrogens with zero attached hydrogens (tertiary/aromatic N) is 3. The lowest BCUT2D eigenvalue weighted by Crippen LogP contribution is -2.52. The Morgan fingerprint density at radius 3 is 2.45 bits per heavy atom. The van der Waals surface area contributed by atoms with E-state index >= 15 is 0 Å². The van der Waals surface area contributed by atoms with Crippen molar-refractivity contribution in [2.75, 3.05) is 20.7 Å². The fourth-order valence-electron chi connectivity index (χ4n) is 3.37. The molecule has 0 saturated carbocycles. The summed E-state index contributed by atoms with van der Waals surface area (Å²) in [6.07, 6.45) is -0.559. The first-order chi connectivity index (χ1) is 14.5. The summed E-state index contributed by atoms with van der Waals surface area (Å²) in [5, 5.41) is 3.41. The molecule has 168 valence electrons. The van der Waals surface area contributed by atoms with Gasteiger partial charge in [0.2, 0.25) is 11.7 Å². The van der Waals surface area contributed by atoms with Gasteiger partial charge in [-0.25, -0.2) is 0 Å². The van der Waals surface area contributed by atoms with Crippen LogP contribution < -0.4 is 10.2 Å². The maximum Gasteiger partial charge on any atom is 0.471 e. The molecule has 8 nitrogen and oxygen atoms in total. The summed E-state index contributed by atoms with van der Waals surface area (Å²) in [4.78, 5) is 22.4. The Morgan fingerprint density at radius 1 is 1.26 bits per heavy atom. The maximum atomic E-state index is 12.7. The van der Waals surface area contributed by atoms with E-state index in [1.807, 2.05) is 0 Å². The number of hydrogen-bond donors (Lipinski definition) is 1. The average Bonchev–Trinajstić information content (AvgIpc) is 3.36. The van der Waals surface area contributed by atoms with Crippen molar-refractivity contribution in [2.24, 2.45) is 0 Å². The molecule has 0 saturated heterocycles. The first kappa shape index (κ1) is 22.6. The lowest BCUT2D eigenvalue weighted by Gasteiger charge is -2.28. The summed E-state index contributed by atoms with van der Waals surface area (Å²) in [5.41, 5.74) is 3.65. The van der Waals surface area contributed by atoms with Crippen LogP contribution in [0.3, 0.4) is 0 Å². The predicted octanol–water partition coefficient (Wildman–Crippen LogP) is 3.41. The third-order valence-corrected chi connectivity index (χ3v) is 4.80.